The number of hydrogen-bond acceptors (Lipinski definition) is 2. The molecule has 2 heterocycles. The molecule has 3 aromatic rings. The Labute approximate surface area is 259 Å². The third-order valence-electron chi connectivity index (χ3n) is 7.69. The maximum Gasteiger partial charge on any atom is 0.325 e. The number of hydrogen-bond donors (Lipinski definition) is 4. The average Bonchev–Trinajstić information content (AvgIpc) is 2.96. The molecule has 44 heavy (non-hydrogen) atoms. The van der Waals surface area contributed by atoms with E-state index in [0.29, 0.717) is 24.0 Å². The topological polar surface area (TPSA) is 123 Å². The second kappa shape index (κ2) is 18.0. The van der Waals surface area contributed by atoms with Gasteiger partial charge in [-0.1, -0.05) is 38.5 Å². The predicted molar refractivity (Wildman–Crippen MR) is 167 cm³/mol. The number of rotatable bonds is 20. The van der Waals surface area contributed by atoms with E-state index in [9.17, 15) is 9.13 Å². The van der Waals surface area contributed by atoms with Crippen molar-refractivity contribution in [2.45, 2.75) is 90.1 Å². The third-order valence-corrected chi connectivity index (χ3v) is 9.49. The van der Waals surface area contributed by atoms with E-state index in [2.05, 4.69) is 0 Å². The van der Waals surface area contributed by atoms with Gasteiger partial charge in [-0.3, -0.25) is 9.13 Å². The minimum Gasteiger partial charge on any atom is -0.324 e. The molecule has 8 nitrogen and oxygen atoms in total. The zero-order valence-electron chi connectivity index (χ0n) is 25.2. The molecule has 0 amide bonds. The van der Waals surface area contributed by atoms with Crippen LogP contribution in [0.15, 0.2) is 61.2 Å². The Kier molecular flexibility index (Phi) is 14.8. The number of nitrogens with zero attached hydrogens (tertiary/aromatic N) is 2. The molecule has 0 fully saturated rings. The Balaban J connectivity index is 1.43. The Morgan fingerprint density at radius 2 is 0.795 bits per heavy atom. The molecule has 0 atom stereocenters. The van der Waals surface area contributed by atoms with Gasteiger partial charge in [0.15, 0.2) is 24.8 Å². The van der Waals surface area contributed by atoms with E-state index in [1.165, 1.54) is 12.1 Å². The number of aryl methyl sites for hydroxylation is 2. The summed E-state index contributed by atoms with van der Waals surface area (Å²) in [5, 5.41) is 0. The summed E-state index contributed by atoms with van der Waals surface area (Å²) in [5.41, 5.74) is 1.62. The zero-order valence-corrected chi connectivity index (χ0v) is 27.0. The molecular formula is C32H46F2N2O6P2+2. The second-order valence-electron chi connectivity index (χ2n) is 11.5. The first-order valence-electron chi connectivity index (χ1n) is 15.5. The highest BCUT2D eigenvalue weighted by molar-refractivity contribution is 7.52. The molecule has 3 rings (SSSR count). The largest absolute Gasteiger partial charge is 0.325 e. The number of aromatic nitrogens is 2. The van der Waals surface area contributed by atoms with Gasteiger partial charge in [0, 0.05) is 60.6 Å². The highest BCUT2D eigenvalue weighted by atomic mass is 31.2. The van der Waals surface area contributed by atoms with E-state index in [0.717, 1.165) is 77.3 Å². The van der Waals surface area contributed by atoms with Crippen molar-refractivity contribution in [3.05, 3.63) is 72.8 Å². The van der Waals surface area contributed by atoms with E-state index in [-0.39, 0.29) is 23.5 Å². The summed E-state index contributed by atoms with van der Waals surface area (Å²) >= 11 is 0. The van der Waals surface area contributed by atoms with Crippen LogP contribution in [0.4, 0.5) is 8.78 Å². The van der Waals surface area contributed by atoms with Gasteiger partial charge in [-0.05, 0) is 48.9 Å². The molecule has 0 saturated carbocycles. The molecular weight excluding hydrogens is 608 g/mol. The van der Waals surface area contributed by atoms with Crippen LogP contribution in [-0.4, -0.2) is 31.9 Å². The van der Waals surface area contributed by atoms with Crippen LogP contribution in [-0.2, 0) is 22.2 Å². The molecule has 0 unspecified atom stereocenters. The Morgan fingerprint density at radius 3 is 1.11 bits per heavy atom. The molecule has 0 bridgehead atoms. The van der Waals surface area contributed by atoms with Crippen molar-refractivity contribution in [1.29, 1.82) is 0 Å². The van der Waals surface area contributed by atoms with Gasteiger partial charge in [-0.15, -0.1) is 0 Å². The fraction of sp³-hybridized carbons (Fsp3) is 0.500. The predicted octanol–water partition coefficient (Wildman–Crippen LogP) is 6.91. The van der Waals surface area contributed by atoms with Gasteiger partial charge in [0.1, 0.15) is 24.7 Å². The first-order valence-corrected chi connectivity index (χ1v) is 19.1. The zero-order chi connectivity index (χ0) is 32.0. The number of halogens is 2. The molecule has 0 spiro atoms. The van der Waals surface area contributed by atoms with E-state index in [1.54, 1.807) is 24.3 Å². The van der Waals surface area contributed by atoms with Crippen LogP contribution in [0, 0.1) is 11.6 Å². The SMILES string of the molecule is O=P(O)(O)CCCCCCCC[n+]1ccc(-c2cc(F)c(-c3cc[n+](CCCCCCCCP(=O)(O)O)cc3)cc2F)cc1. The lowest BCUT2D eigenvalue weighted by Crippen LogP contribution is -2.32. The van der Waals surface area contributed by atoms with Crippen molar-refractivity contribution in [1.82, 2.24) is 0 Å². The van der Waals surface area contributed by atoms with E-state index >= 15 is 8.78 Å². The van der Waals surface area contributed by atoms with Crippen LogP contribution >= 0.6 is 15.2 Å². The minimum absolute atomic E-state index is 0.0483. The van der Waals surface area contributed by atoms with Crippen LogP contribution in [0.3, 0.4) is 0 Å². The minimum atomic E-state index is -3.89. The van der Waals surface area contributed by atoms with Crippen molar-refractivity contribution in [3.8, 4) is 22.3 Å². The molecule has 0 aliphatic rings. The van der Waals surface area contributed by atoms with Crippen molar-refractivity contribution < 1.29 is 46.6 Å². The van der Waals surface area contributed by atoms with Crippen LogP contribution in [0.1, 0.15) is 77.0 Å². The third kappa shape index (κ3) is 13.8. The van der Waals surface area contributed by atoms with E-state index in [4.69, 9.17) is 19.6 Å². The molecule has 4 N–H and O–H groups in total. The van der Waals surface area contributed by atoms with Gasteiger partial charge in [-0.2, -0.15) is 0 Å². The van der Waals surface area contributed by atoms with Gasteiger partial charge in [0.05, 0.1) is 0 Å². The Hall–Kier alpha value is -2.32. The van der Waals surface area contributed by atoms with Crippen molar-refractivity contribution in [3.63, 3.8) is 0 Å². The van der Waals surface area contributed by atoms with Gasteiger partial charge >= 0.3 is 15.2 Å². The monoisotopic (exact) mass is 654 g/mol. The molecule has 0 radical (unpaired) electrons. The fourth-order valence-corrected chi connectivity index (χ4v) is 6.47. The fourth-order valence-electron chi connectivity index (χ4n) is 5.20. The molecule has 12 heteroatoms. The van der Waals surface area contributed by atoms with Gasteiger partial charge in [0.2, 0.25) is 0 Å². The lowest BCUT2D eigenvalue weighted by atomic mass is 10.00. The highest BCUT2D eigenvalue weighted by Gasteiger charge is 2.16. The summed E-state index contributed by atoms with van der Waals surface area (Å²) in [6.07, 6.45) is 17.9. The first-order chi connectivity index (χ1) is 20.9. The highest BCUT2D eigenvalue weighted by Crippen LogP contribution is 2.36. The lowest BCUT2D eigenvalue weighted by Gasteiger charge is -2.08. The normalized spacial score (nSPS) is 12.1. The van der Waals surface area contributed by atoms with E-state index < -0.39 is 26.8 Å². The van der Waals surface area contributed by atoms with Crippen LogP contribution in [0.25, 0.3) is 22.3 Å². The number of unbranched alkanes of at least 4 members (excludes halogenated alkanes) is 10. The molecule has 1 aromatic carbocycles. The lowest BCUT2D eigenvalue weighted by molar-refractivity contribution is -0.697. The van der Waals surface area contributed by atoms with Crippen molar-refractivity contribution in [2.75, 3.05) is 12.3 Å². The quantitative estimate of drug-likeness (QED) is 0.0597. The van der Waals surface area contributed by atoms with Crippen molar-refractivity contribution >= 4 is 15.2 Å². The summed E-state index contributed by atoms with van der Waals surface area (Å²) in [4.78, 5) is 35.6. The standard InChI is InChI=1S/C32H44F2N2O6P2/c33-31-26-30(28-15-21-36(22-16-28)18-10-6-2-4-8-12-24-44(40,41)42)32(34)25-29(31)27-13-19-35(20-14-27)17-9-5-1-3-7-11-23-43(37,38)39/h13-16,19-22,25-26H,1-12,17-18,23-24H2,(H2-2,37,38,39,40,41,42)/p+2. The summed E-state index contributed by atoms with van der Waals surface area (Å²) in [6, 6.07) is 9.64. The van der Waals surface area contributed by atoms with Crippen LogP contribution in [0.2, 0.25) is 0 Å². The van der Waals surface area contributed by atoms with Crippen molar-refractivity contribution in [2.24, 2.45) is 0 Å². The molecule has 2 aromatic heterocycles. The average molecular weight is 655 g/mol. The summed E-state index contributed by atoms with van der Waals surface area (Å²) in [7, 11) is -7.78. The van der Waals surface area contributed by atoms with Crippen LogP contribution < -0.4 is 9.13 Å². The molecule has 0 saturated heterocycles. The van der Waals surface area contributed by atoms with E-state index in [1.807, 2.05) is 33.9 Å². The molecule has 0 aliphatic heterocycles. The smallest absolute Gasteiger partial charge is 0.324 e. The Morgan fingerprint density at radius 1 is 0.500 bits per heavy atom. The Bertz CT molecular complexity index is 1290. The van der Waals surface area contributed by atoms with Gasteiger partial charge in [0.25, 0.3) is 0 Å². The molecule has 0 aliphatic carbocycles. The summed E-state index contributed by atoms with van der Waals surface area (Å²) in [5.74, 6) is -0.981. The summed E-state index contributed by atoms with van der Waals surface area (Å²) < 4.78 is 56.0. The maximum atomic E-state index is 15.1. The van der Waals surface area contributed by atoms with Gasteiger partial charge < -0.3 is 19.6 Å². The summed E-state index contributed by atoms with van der Waals surface area (Å²) in [6.45, 7) is 1.60. The molecule has 242 valence electrons. The second-order valence-corrected chi connectivity index (χ2v) is 15.0. The number of benzene rings is 1. The van der Waals surface area contributed by atoms with Crippen LogP contribution in [0.5, 0.6) is 0 Å². The first kappa shape index (κ1) is 36.2. The van der Waals surface area contributed by atoms with Gasteiger partial charge in [-0.25, -0.2) is 17.9 Å². The maximum absolute atomic E-state index is 15.1. The number of pyridine rings is 2.